The average Bonchev–Trinajstić information content (AvgIpc) is 2.93. The molecule has 2 aromatic rings. The van der Waals surface area contributed by atoms with Gasteiger partial charge in [0.25, 0.3) is 5.91 Å². The Balaban J connectivity index is 1.76. The number of H-pyrrole nitrogens is 1. The molecule has 1 fully saturated rings. The van der Waals surface area contributed by atoms with E-state index in [-0.39, 0.29) is 6.54 Å². The molecule has 4 N–H and O–H groups in total. The zero-order valence-electron chi connectivity index (χ0n) is 10.8. The lowest BCUT2D eigenvalue weighted by Crippen LogP contribution is -2.45. The van der Waals surface area contributed by atoms with Gasteiger partial charge in [-0.1, -0.05) is 15.9 Å². The van der Waals surface area contributed by atoms with Gasteiger partial charge in [0.05, 0.1) is 17.6 Å². The van der Waals surface area contributed by atoms with Gasteiger partial charge >= 0.3 is 0 Å². The molecule has 20 heavy (non-hydrogen) atoms. The van der Waals surface area contributed by atoms with E-state index in [2.05, 4.69) is 25.9 Å². The molecular weight excluding hydrogens is 324 g/mol. The van der Waals surface area contributed by atoms with E-state index < -0.39 is 11.5 Å². The summed E-state index contributed by atoms with van der Waals surface area (Å²) in [5.74, 6) is 0.153. The van der Waals surface area contributed by atoms with E-state index in [1.165, 1.54) is 0 Å². The Morgan fingerprint density at radius 1 is 1.60 bits per heavy atom. The van der Waals surface area contributed by atoms with Gasteiger partial charge < -0.3 is 15.8 Å². The van der Waals surface area contributed by atoms with E-state index in [1.807, 2.05) is 23.1 Å². The van der Waals surface area contributed by atoms with Crippen LogP contribution in [0, 0.1) is 0 Å². The third kappa shape index (κ3) is 2.44. The number of carbonyl (C=O) groups is 1. The summed E-state index contributed by atoms with van der Waals surface area (Å²) >= 11 is 3.42. The Bertz CT molecular complexity index is 671. The van der Waals surface area contributed by atoms with Crippen LogP contribution in [-0.2, 0) is 11.3 Å². The summed E-state index contributed by atoms with van der Waals surface area (Å²) in [5, 5.41) is 10.0. The Morgan fingerprint density at radius 2 is 2.40 bits per heavy atom. The van der Waals surface area contributed by atoms with E-state index >= 15 is 0 Å². The van der Waals surface area contributed by atoms with E-state index in [4.69, 9.17) is 5.73 Å². The number of hydrogen-bond acceptors (Lipinski definition) is 4. The number of aromatic nitrogens is 2. The summed E-state index contributed by atoms with van der Waals surface area (Å²) in [7, 11) is 0. The highest BCUT2D eigenvalue weighted by Crippen LogP contribution is 2.23. The van der Waals surface area contributed by atoms with Gasteiger partial charge in [0.2, 0.25) is 0 Å². The fourth-order valence-electron chi connectivity index (χ4n) is 2.53. The normalized spacial score (nSPS) is 23.5. The number of likely N-dealkylation sites (tertiary alicyclic amines) is 1. The number of nitrogens with zero attached hydrogens (tertiary/aromatic N) is 2. The number of imidazole rings is 1. The number of benzene rings is 1. The Labute approximate surface area is 124 Å². The molecule has 1 aliphatic heterocycles. The predicted octanol–water partition coefficient (Wildman–Crippen LogP) is 0.747. The molecule has 1 aromatic heterocycles. The van der Waals surface area contributed by atoms with E-state index in [9.17, 15) is 9.90 Å². The monoisotopic (exact) mass is 338 g/mol. The van der Waals surface area contributed by atoms with Crippen LogP contribution in [0.15, 0.2) is 22.7 Å². The van der Waals surface area contributed by atoms with Crippen LogP contribution in [-0.4, -0.2) is 44.6 Å². The van der Waals surface area contributed by atoms with Gasteiger partial charge in [0.15, 0.2) is 5.60 Å². The second-order valence-electron chi connectivity index (χ2n) is 5.20. The van der Waals surface area contributed by atoms with Crippen molar-refractivity contribution in [3.8, 4) is 0 Å². The minimum Gasteiger partial charge on any atom is -0.379 e. The van der Waals surface area contributed by atoms with Crippen molar-refractivity contribution in [3.63, 3.8) is 0 Å². The zero-order chi connectivity index (χ0) is 14.3. The minimum atomic E-state index is -1.41. The molecule has 0 spiro atoms. The van der Waals surface area contributed by atoms with Crippen molar-refractivity contribution in [2.24, 2.45) is 5.73 Å². The van der Waals surface area contributed by atoms with Gasteiger partial charge in [-0.3, -0.25) is 9.69 Å². The third-order valence-corrected chi connectivity index (χ3v) is 4.15. The van der Waals surface area contributed by atoms with Gasteiger partial charge in [0.1, 0.15) is 5.82 Å². The van der Waals surface area contributed by atoms with Crippen molar-refractivity contribution in [2.75, 3.05) is 13.1 Å². The summed E-state index contributed by atoms with van der Waals surface area (Å²) in [6, 6.07) is 5.84. The SMILES string of the molecule is NC(=O)C1(O)CCN(Cc2nc3ccc(Br)cc3[nH]2)C1. The number of rotatable bonds is 3. The molecule has 1 aliphatic rings. The summed E-state index contributed by atoms with van der Waals surface area (Å²) in [5.41, 5.74) is 5.67. The van der Waals surface area contributed by atoms with Crippen LogP contribution in [0.1, 0.15) is 12.2 Å². The number of carbonyl (C=O) groups excluding carboxylic acids is 1. The van der Waals surface area contributed by atoms with Gasteiger partial charge in [-0.2, -0.15) is 0 Å². The first kappa shape index (κ1) is 13.5. The van der Waals surface area contributed by atoms with Crippen LogP contribution in [0.3, 0.4) is 0 Å². The number of aromatic amines is 1. The van der Waals surface area contributed by atoms with Gasteiger partial charge in [-0.15, -0.1) is 0 Å². The van der Waals surface area contributed by atoms with Crippen molar-refractivity contribution in [2.45, 2.75) is 18.6 Å². The molecule has 0 bridgehead atoms. The first-order valence-electron chi connectivity index (χ1n) is 6.35. The summed E-state index contributed by atoms with van der Waals surface area (Å²) < 4.78 is 0.990. The highest BCUT2D eigenvalue weighted by molar-refractivity contribution is 9.10. The van der Waals surface area contributed by atoms with Crippen molar-refractivity contribution < 1.29 is 9.90 Å². The standard InChI is InChI=1S/C13H15BrN4O2/c14-8-1-2-9-10(5-8)17-11(16-9)6-18-4-3-13(20,7-18)12(15)19/h1-2,5,20H,3-4,6-7H2,(H2,15,19)(H,16,17). The van der Waals surface area contributed by atoms with Crippen LogP contribution in [0.25, 0.3) is 11.0 Å². The average molecular weight is 339 g/mol. The molecule has 1 saturated heterocycles. The molecule has 1 unspecified atom stereocenters. The van der Waals surface area contributed by atoms with Gasteiger partial charge in [0, 0.05) is 17.6 Å². The maximum absolute atomic E-state index is 11.2. The fourth-order valence-corrected chi connectivity index (χ4v) is 2.89. The van der Waals surface area contributed by atoms with Crippen LogP contribution in [0.4, 0.5) is 0 Å². The number of primary amides is 1. The van der Waals surface area contributed by atoms with Gasteiger partial charge in [-0.05, 0) is 24.6 Å². The Kier molecular flexibility index (Phi) is 3.27. The molecule has 0 radical (unpaired) electrons. The second kappa shape index (κ2) is 4.83. The molecule has 0 aliphatic carbocycles. The van der Waals surface area contributed by atoms with Crippen molar-refractivity contribution >= 4 is 32.9 Å². The second-order valence-corrected chi connectivity index (χ2v) is 6.12. The lowest BCUT2D eigenvalue weighted by atomic mass is 10.0. The predicted molar refractivity (Wildman–Crippen MR) is 77.8 cm³/mol. The Hall–Kier alpha value is -1.44. The Morgan fingerprint density at radius 3 is 3.10 bits per heavy atom. The van der Waals surface area contributed by atoms with Crippen LogP contribution in [0.5, 0.6) is 0 Å². The number of aliphatic hydroxyl groups is 1. The number of β-amino-alcohol motifs (C(OH)–C–C–N with tert-alkyl or cyclic N) is 1. The largest absolute Gasteiger partial charge is 0.379 e. The molecule has 1 atom stereocenters. The summed E-state index contributed by atoms with van der Waals surface area (Å²) in [4.78, 5) is 20.9. The van der Waals surface area contributed by atoms with E-state index in [0.717, 1.165) is 21.3 Å². The van der Waals surface area contributed by atoms with Gasteiger partial charge in [-0.25, -0.2) is 4.98 Å². The number of fused-ring (bicyclic) bond motifs is 1. The number of amides is 1. The number of hydrogen-bond donors (Lipinski definition) is 3. The highest BCUT2D eigenvalue weighted by atomic mass is 79.9. The summed E-state index contributed by atoms with van der Waals surface area (Å²) in [6.45, 7) is 1.44. The lowest BCUT2D eigenvalue weighted by molar-refractivity contribution is -0.135. The maximum Gasteiger partial charge on any atom is 0.250 e. The molecule has 3 rings (SSSR count). The minimum absolute atomic E-state index is 0.253. The fraction of sp³-hybridized carbons (Fsp3) is 0.385. The molecule has 2 heterocycles. The maximum atomic E-state index is 11.2. The smallest absolute Gasteiger partial charge is 0.250 e. The molecule has 7 heteroatoms. The van der Waals surface area contributed by atoms with Crippen molar-refractivity contribution in [1.29, 1.82) is 0 Å². The zero-order valence-corrected chi connectivity index (χ0v) is 12.4. The first-order chi connectivity index (χ1) is 9.46. The number of nitrogens with one attached hydrogen (secondary N) is 1. The molecule has 6 nitrogen and oxygen atoms in total. The quantitative estimate of drug-likeness (QED) is 0.769. The van der Waals surface area contributed by atoms with Crippen LogP contribution in [0.2, 0.25) is 0 Å². The number of halogens is 1. The van der Waals surface area contributed by atoms with Crippen LogP contribution < -0.4 is 5.73 Å². The topological polar surface area (TPSA) is 95.2 Å². The van der Waals surface area contributed by atoms with E-state index in [1.54, 1.807) is 0 Å². The van der Waals surface area contributed by atoms with Crippen molar-refractivity contribution in [3.05, 3.63) is 28.5 Å². The molecular formula is C13H15BrN4O2. The molecule has 1 aromatic carbocycles. The first-order valence-corrected chi connectivity index (χ1v) is 7.14. The third-order valence-electron chi connectivity index (χ3n) is 3.65. The molecule has 106 valence electrons. The molecule has 0 saturated carbocycles. The molecule has 1 amide bonds. The van der Waals surface area contributed by atoms with Crippen molar-refractivity contribution in [1.82, 2.24) is 14.9 Å². The lowest BCUT2D eigenvalue weighted by Gasteiger charge is -2.19. The summed E-state index contributed by atoms with van der Waals surface area (Å²) in [6.07, 6.45) is 0.369. The highest BCUT2D eigenvalue weighted by Gasteiger charge is 2.41. The van der Waals surface area contributed by atoms with E-state index in [0.29, 0.717) is 19.5 Å². The number of nitrogens with two attached hydrogens (primary N) is 1. The van der Waals surface area contributed by atoms with Crippen LogP contribution >= 0.6 is 15.9 Å².